The van der Waals surface area contributed by atoms with Crippen LogP contribution in [0.4, 0.5) is 5.69 Å². The molecule has 0 unspecified atom stereocenters. The summed E-state index contributed by atoms with van der Waals surface area (Å²) in [6.45, 7) is 5.91. The predicted octanol–water partition coefficient (Wildman–Crippen LogP) is 2.36. The molecule has 0 aliphatic heterocycles. The molecular weight excluding hydrogens is 236 g/mol. The Kier molecular flexibility index (Phi) is 6.21. The minimum atomic E-state index is -0.439. The van der Waals surface area contributed by atoms with E-state index in [9.17, 15) is 4.79 Å². The van der Waals surface area contributed by atoms with Crippen molar-refractivity contribution in [3.63, 3.8) is 0 Å². The largest absolute Gasteiger partial charge is 0.320 e. The lowest BCUT2D eigenvalue weighted by atomic mass is 10.0. The van der Waals surface area contributed by atoms with Crippen molar-refractivity contribution in [3.8, 4) is 0 Å². The SMILES string of the molecule is Cc1cccc(N(C)C(=O)[C@H](N)C(C)C)c1.Cl. The number of carbonyl (C=O) groups is 1. The molecule has 1 rings (SSSR count). The van der Waals surface area contributed by atoms with E-state index in [4.69, 9.17) is 5.73 Å². The second-order valence-electron chi connectivity index (χ2n) is 4.51. The minimum absolute atomic E-state index is 0. The van der Waals surface area contributed by atoms with E-state index < -0.39 is 6.04 Å². The molecule has 0 fully saturated rings. The van der Waals surface area contributed by atoms with Crippen LogP contribution in [0.2, 0.25) is 0 Å². The number of amides is 1. The van der Waals surface area contributed by atoms with E-state index in [1.54, 1.807) is 11.9 Å². The zero-order valence-corrected chi connectivity index (χ0v) is 11.6. The van der Waals surface area contributed by atoms with Crippen LogP contribution >= 0.6 is 12.4 Å². The van der Waals surface area contributed by atoms with E-state index in [2.05, 4.69) is 0 Å². The quantitative estimate of drug-likeness (QED) is 0.903. The van der Waals surface area contributed by atoms with Gasteiger partial charge < -0.3 is 10.6 Å². The van der Waals surface area contributed by atoms with Crippen LogP contribution in [0.15, 0.2) is 24.3 Å². The molecule has 0 radical (unpaired) electrons. The van der Waals surface area contributed by atoms with Gasteiger partial charge in [-0.3, -0.25) is 4.79 Å². The van der Waals surface area contributed by atoms with Crippen molar-refractivity contribution in [2.24, 2.45) is 11.7 Å². The van der Waals surface area contributed by atoms with Gasteiger partial charge in [0.05, 0.1) is 6.04 Å². The molecule has 0 heterocycles. The fourth-order valence-corrected chi connectivity index (χ4v) is 1.47. The van der Waals surface area contributed by atoms with Crippen molar-refractivity contribution in [1.82, 2.24) is 0 Å². The average molecular weight is 257 g/mol. The second kappa shape index (κ2) is 6.62. The zero-order chi connectivity index (χ0) is 12.3. The van der Waals surface area contributed by atoms with E-state index in [0.717, 1.165) is 11.3 Å². The first-order valence-corrected chi connectivity index (χ1v) is 5.53. The van der Waals surface area contributed by atoms with Gasteiger partial charge in [-0.15, -0.1) is 12.4 Å². The summed E-state index contributed by atoms with van der Waals surface area (Å²) < 4.78 is 0. The molecule has 1 aromatic carbocycles. The molecule has 1 atom stereocenters. The fourth-order valence-electron chi connectivity index (χ4n) is 1.47. The molecule has 0 saturated carbocycles. The van der Waals surface area contributed by atoms with Gasteiger partial charge in [-0.05, 0) is 30.5 Å². The summed E-state index contributed by atoms with van der Waals surface area (Å²) in [5, 5.41) is 0. The Morgan fingerprint density at radius 1 is 1.35 bits per heavy atom. The number of carbonyl (C=O) groups excluding carboxylic acids is 1. The van der Waals surface area contributed by atoms with Gasteiger partial charge >= 0.3 is 0 Å². The van der Waals surface area contributed by atoms with E-state index in [-0.39, 0.29) is 24.2 Å². The highest BCUT2D eigenvalue weighted by Crippen LogP contribution is 2.16. The summed E-state index contributed by atoms with van der Waals surface area (Å²) in [4.78, 5) is 13.6. The third kappa shape index (κ3) is 4.02. The standard InChI is InChI=1S/C13H20N2O.ClH/c1-9(2)12(14)13(16)15(4)11-7-5-6-10(3)8-11;/h5-9,12H,14H2,1-4H3;1H/t12-;/m1./s1. The number of likely N-dealkylation sites (N-methyl/N-ethyl adjacent to an activating group) is 1. The Morgan fingerprint density at radius 2 is 1.94 bits per heavy atom. The Morgan fingerprint density at radius 3 is 2.41 bits per heavy atom. The van der Waals surface area contributed by atoms with Gasteiger partial charge in [0.25, 0.3) is 0 Å². The molecule has 0 spiro atoms. The van der Waals surface area contributed by atoms with Crippen molar-refractivity contribution in [2.75, 3.05) is 11.9 Å². The molecule has 0 bridgehead atoms. The van der Waals surface area contributed by atoms with Gasteiger partial charge in [0.2, 0.25) is 5.91 Å². The molecule has 1 aromatic rings. The summed E-state index contributed by atoms with van der Waals surface area (Å²) in [7, 11) is 1.76. The number of aryl methyl sites for hydroxylation is 1. The lowest BCUT2D eigenvalue weighted by molar-refractivity contribution is -0.120. The van der Waals surface area contributed by atoms with Gasteiger partial charge in [-0.25, -0.2) is 0 Å². The lowest BCUT2D eigenvalue weighted by Gasteiger charge is -2.23. The van der Waals surface area contributed by atoms with Gasteiger partial charge in [0.1, 0.15) is 0 Å². The summed E-state index contributed by atoms with van der Waals surface area (Å²) >= 11 is 0. The normalized spacial score (nSPS) is 11.9. The summed E-state index contributed by atoms with van der Waals surface area (Å²) in [6, 6.07) is 7.40. The van der Waals surface area contributed by atoms with E-state index >= 15 is 0 Å². The molecule has 4 heteroatoms. The molecule has 17 heavy (non-hydrogen) atoms. The third-order valence-corrected chi connectivity index (χ3v) is 2.72. The Labute approximate surface area is 109 Å². The maximum absolute atomic E-state index is 12.0. The number of nitrogens with zero attached hydrogens (tertiary/aromatic N) is 1. The predicted molar refractivity (Wildman–Crippen MR) is 74.7 cm³/mol. The van der Waals surface area contributed by atoms with Crippen molar-refractivity contribution < 1.29 is 4.79 Å². The molecule has 3 nitrogen and oxygen atoms in total. The van der Waals surface area contributed by atoms with Crippen LogP contribution in [0.5, 0.6) is 0 Å². The number of halogens is 1. The van der Waals surface area contributed by atoms with Gasteiger partial charge in [0, 0.05) is 12.7 Å². The van der Waals surface area contributed by atoms with Crippen LogP contribution in [-0.2, 0) is 4.79 Å². The van der Waals surface area contributed by atoms with E-state index in [1.807, 2.05) is 45.0 Å². The first-order chi connectivity index (χ1) is 7.43. The van der Waals surface area contributed by atoms with Crippen LogP contribution in [0, 0.1) is 12.8 Å². The third-order valence-electron chi connectivity index (χ3n) is 2.72. The maximum Gasteiger partial charge on any atom is 0.243 e. The van der Waals surface area contributed by atoms with Gasteiger partial charge in [-0.2, -0.15) is 0 Å². The van der Waals surface area contributed by atoms with E-state index in [0.29, 0.717) is 0 Å². The van der Waals surface area contributed by atoms with Crippen LogP contribution in [0.25, 0.3) is 0 Å². The van der Waals surface area contributed by atoms with Crippen molar-refractivity contribution in [3.05, 3.63) is 29.8 Å². The van der Waals surface area contributed by atoms with Crippen molar-refractivity contribution in [1.29, 1.82) is 0 Å². The molecule has 1 amide bonds. The molecule has 96 valence electrons. The van der Waals surface area contributed by atoms with E-state index in [1.165, 1.54) is 0 Å². The molecule has 0 aliphatic carbocycles. The molecular formula is C13H21ClN2O. The topological polar surface area (TPSA) is 46.3 Å². The number of hydrogen-bond donors (Lipinski definition) is 1. The van der Waals surface area contributed by atoms with Crippen molar-refractivity contribution >= 4 is 24.0 Å². The zero-order valence-electron chi connectivity index (χ0n) is 10.8. The molecule has 2 N–H and O–H groups in total. The van der Waals surface area contributed by atoms with Crippen LogP contribution in [0.3, 0.4) is 0 Å². The Hall–Kier alpha value is -1.06. The average Bonchev–Trinajstić information content (AvgIpc) is 2.26. The van der Waals surface area contributed by atoms with Crippen LogP contribution < -0.4 is 10.6 Å². The summed E-state index contributed by atoms with van der Waals surface area (Å²) in [5.41, 5.74) is 7.87. The Balaban J connectivity index is 0.00000256. The molecule has 0 aliphatic rings. The lowest BCUT2D eigenvalue weighted by Crippen LogP contribution is -2.45. The Bertz CT molecular complexity index is 379. The molecule has 0 aromatic heterocycles. The first kappa shape index (κ1) is 15.9. The van der Waals surface area contributed by atoms with Crippen LogP contribution in [-0.4, -0.2) is 19.0 Å². The van der Waals surface area contributed by atoms with Crippen LogP contribution in [0.1, 0.15) is 19.4 Å². The summed E-state index contributed by atoms with van der Waals surface area (Å²) in [6.07, 6.45) is 0. The maximum atomic E-state index is 12.0. The highest BCUT2D eigenvalue weighted by molar-refractivity contribution is 5.96. The number of hydrogen-bond acceptors (Lipinski definition) is 2. The molecule has 0 saturated heterocycles. The first-order valence-electron chi connectivity index (χ1n) is 5.53. The van der Waals surface area contributed by atoms with Gasteiger partial charge in [-0.1, -0.05) is 26.0 Å². The highest BCUT2D eigenvalue weighted by atomic mass is 35.5. The summed E-state index contributed by atoms with van der Waals surface area (Å²) in [5.74, 6) is 0.111. The second-order valence-corrected chi connectivity index (χ2v) is 4.51. The number of nitrogens with two attached hydrogens (primary N) is 1. The number of anilines is 1. The minimum Gasteiger partial charge on any atom is -0.320 e. The number of benzene rings is 1. The number of rotatable bonds is 3. The van der Waals surface area contributed by atoms with Crippen molar-refractivity contribution in [2.45, 2.75) is 26.8 Å². The monoisotopic (exact) mass is 256 g/mol. The smallest absolute Gasteiger partial charge is 0.243 e. The van der Waals surface area contributed by atoms with Gasteiger partial charge in [0.15, 0.2) is 0 Å². The fraction of sp³-hybridized carbons (Fsp3) is 0.462. The highest BCUT2D eigenvalue weighted by Gasteiger charge is 2.21.